The highest BCUT2D eigenvalue weighted by molar-refractivity contribution is 5.99. The van der Waals surface area contributed by atoms with Gasteiger partial charge in [-0.2, -0.15) is 0 Å². The van der Waals surface area contributed by atoms with E-state index in [0.29, 0.717) is 18.7 Å². The van der Waals surface area contributed by atoms with Gasteiger partial charge in [-0.25, -0.2) is 0 Å². The lowest BCUT2D eigenvalue weighted by molar-refractivity contribution is 0.0287. The highest BCUT2D eigenvalue weighted by Gasteiger charge is 2.15. The van der Waals surface area contributed by atoms with E-state index in [9.17, 15) is 4.79 Å². The van der Waals surface area contributed by atoms with Crippen LogP contribution in [0.3, 0.4) is 0 Å². The van der Waals surface area contributed by atoms with Crippen molar-refractivity contribution in [2.75, 3.05) is 26.2 Å². The predicted molar refractivity (Wildman–Crippen MR) is 112 cm³/mol. The molecule has 0 bridgehead atoms. The number of aromatic nitrogens is 1. The number of carbonyl (C=O) groups excluding carboxylic acids is 1. The lowest BCUT2D eigenvalue weighted by Gasteiger charge is -2.23. The molecule has 0 aliphatic carbocycles. The number of ether oxygens (including phenoxy) is 1. The standard InChI is InChI=1S/C23H25N3O2/c1-15-6-7-21-20(8-9-25-22(21)16(15)2)17-4-3-5-18(12-17)23(27)26-14-19-13-24-10-11-28-19/h3-9,12,19,24H,10-11,13-14H2,1-2H3,(H,26,27)/t19-/m1/s1. The molecule has 1 aliphatic heterocycles. The average Bonchev–Trinajstić information content (AvgIpc) is 2.75. The SMILES string of the molecule is Cc1ccc2c(-c3cccc(C(=O)NC[C@H]4CNCCO4)c3)ccnc2c1C. The van der Waals surface area contributed by atoms with Gasteiger partial charge in [0.25, 0.3) is 5.91 Å². The molecule has 0 spiro atoms. The minimum atomic E-state index is -0.0820. The molecule has 0 unspecified atom stereocenters. The molecule has 5 nitrogen and oxygen atoms in total. The van der Waals surface area contributed by atoms with Crippen LogP contribution in [-0.4, -0.2) is 43.2 Å². The van der Waals surface area contributed by atoms with Crippen LogP contribution in [0.25, 0.3) is 22.0 Å². The summed E-state index contributed by atoms with van der Waals surface area (Å²) in [5.41, 5.74) is 6.17. The molecule has 2 N–H and O–H groups in total. The van der Waals surface area contributed by atoms with Gasteiger partial charge < -0.3 is 15.4 Å². The first-order valence-corrected chi connectivity index (χ1v) is 9.69. The molecule has 4 rings (SSSR count). The molecule has 2 heterocycles. The summed E-state index contributed by atoms with van der Waals surface area (Å²) < 4.78 is 5.64. The van der Waals surface area contributed by atoms with E-state index in [0.717, 1.165) is 35.1 Å². The summed E-state index contributed by atoms with van der Waals surface area (Å²) in [6, 6.07) is 14.0. The lowest BCUT2D eigenvalue weighted by atomic mass is 9.96. The Labute approximate surface area is 165 Å². The van der Waals surface area contributed by atoms with Crippen LogP contribution >= 0.6 is 0 Å². The summed E-state index contributed by atoms with van der Waals surface area (Å²) in [6.45, 7) is 7.02. The maximum atomic E-state index is 12.6. The number of nitrogens with one attached hydrogen (secondary N) is 2. The van der Waals surface area contributed by atoms with E-state index < -0.39 is 0 Å². The monoisotopic (exact) mass is 375 g/mol. The molecule has 2 aromatic carbocycles. The maximum Gasteiger partial charge on any atom is 0.251 e. The largest absolute Gasteiger partial charge is 0.374 e. The Kier molecular flexibility index (Phi) is 5.37. The van der Waals surface area contributed by atoms with Gasteiger partial charge in [0.2, 0.25) is 0 Å². The summed E-state index contributed by atoms with van der Waals surface area (Å²) in [4.78, 5) is 17.2. The molecule has 5 heteroatoms. The van der Waals surface area contributed by atoms with Crippen LogP contribution in [0, 0.1) is 13.8 Å². The van der Waals surface area contributed by atoms with E-state index in [4.69, 9.17) is 4.74 Å². The van der Waals surface area contributed by atoms with Crippen molar-refractivity contribution in [3.05, 3.63) is 65.4 Å². The predicted octanol–water partition coefficient (Wildman–Crippen LogP) is 3.24. The fourth-order valence-corrected chi connectivity index (χ4v) is 3.60. The Morgan fingerprint density at radius 3 is 2.96 bits per heavy atom. The Hall–Kier alpha value is -2.76. The number of benzene rings is 2. The van der Waals surface area contributed by atoms with Crippen LogP contribution in [0.1, 0.15) is 21.5 Å². The van der Waals surface area contributed by atoms with E-state index in [1.165, 1.54) is 11.1 Å². The highest BCUT2D eigenvalue weighted by Crippen LogP contribution is 2.30. The second-order valence-electron chi connectivity index (χ2n) is 7.25. The molecule has 1 aromatic heterocycles. The van der Waals surface area contributed by atoms with Crippen molar-refractivity contribution >= 4 is 16.8 Å². The number of rotatable bonds is 4. The van der Waals surface area contributed by atoms with Gasteiger partial charge in [0.1, 0.15) is 0 Å². The second-order valence-corrected chi connectivity index (χ2v) is 7.25. The molecular formula is C23H25N3O2. The quantitative estimate of drug-likeness (QED) is 0.735. The van der Waals surface area contributed by atoms with E-state index in [2.05, 4.69) is 41.6 Å². The van der Waals surface area contributed by atoms with E-state index in [-0.39, 0.29) is 12.0 Å². The summed E-state index contributed by atoms with van der Waals surface area (Å²) in [7, 11) is 0. The van der Waals surface area contributed by atoms with Crippen molar-refractivity contribution in [1.29, 1.82) is 0 Å². The molecule has 1 amide bonds. The van der Waals surface area contributed by atoms with Crippen molar-refractivity contribution < 1.29 is 9.53 Å². The summed E-state index contributed by atoms with van der Waals surface area (Å²) in [6.07, 6.45) is 1.86. The molecule has 1 aliphatic rings. The number of morpholine rings is 1. The highest BCUT2D eigenvalue weighted by atomic mass is 16.5. The van der Waals surface area contributed by atoms with E-state index >= 15 is 0 Å². The molecule has 0 radical (unpaired) electrons. The van der Waals surface area contributed by atoms with E-state index in [1.807, 2.05) is 36.5 Å². The Morgan fingerprint density at radius 1 is 1.25 bits per heavy atom. The van der Waals surface area contributed by atoms with Crippen LogP contribution in [0.2, 0.25) is 0 Å². The zero-order valence-electron chi connectivity index (χ0n) is 16.3. The Balaban J connectivity index is 1.59. The summed E-state index contributed by atoms with van der Waals surface area (Å²) in [5.74, 6) is -0.0820. The fraction of sp³-hybridized carbons (Fsp3) is 0.304. The van der Waals surface area contributed by atoms with Crippen LogP contribution in [0.4, 0.5) is 0 Å². The first-order valence-electron chi connectivity index (χ1n) is 9.69. The number of amides is 1. The first-order chi connectivity index (χ1) is 13.6. The van der Waals surface area contributed by atoms with Crippen molar-refractivity contribution in [3.63, 3.8) is 0 Å². The van der Waals surface area contributed by atoms with Crippen LogP contribution in [0.5, 0.6) is 0 Å². The zero-order valence-corrected chi connectivity index (χ0v) is 16.3. The zero-order chi connectivity index (χ0) is 19.5. The fourth-order valence-electron chi connectivity index (χ4n) is 3.60. The van der Waals surface area contributed by atoms with Crippen molar-refractivity contribution in [1.82, 2.24) is 15.6 Å². The molecule has 28 heavy (non-hydrogen) atoms. The van der Waals surface area contributed by atoms with Crippen molar-refractivity contribution in [2.45, 2.75) is 20.0 Å². The molecule has 3 aromatic rings. The number of nitrogens with zero attached hydrogens (tertiary/aromatic N) is 1. The first kappa shape index (κ1) is 18.6. The summed E-state index contributed by atoms with van der Waals surface area (Å²) >= 11 is 0. The molecule has 0 saturated carbocycles. The van der Waals surface area contributed by atoms with Gasteiger partial charge in [0, 0.05) is 36.8 Å². The molecular weight excluding hydrogens is 350 g/mol. The molecule has 1 saturated heterocycles. The molecule has 1 fully saturated rings. The minimum Gasteiger partial charge on any atom is -0.374 e. The van der Waals surface area contributed by atoms with Gasteiger partial charge in [-0.05, 0) is 54.3 Å². The second kappa shape index (κ2) is 8.09. The average molecular weight is 375 g/mol. The normalized spacial score (nSPS) is 16.9. The summed E-state index contributed by atoms with van der Waals surface area (Å²) in [5, 5.41) is 7.36. The third-order valence-electron chi connectivity index (χ3n) is 5.37. The van der Waals surface area contributed by atoms with Gasteiger partial charge in [0.05, 0.1) is 18.2 Å². The smallest absolute Gasteiger partial charge is 0.251 e. The Bertz CT molecular complexity index is 1010. The van der Waals surface area contributed by atoms with Crippen LogP contribution in [-0.2, 0) is 4.74 Å². The Morgan fingerprint density at radius 2 is 2.14 bits per heavy atom. The maximum absolute atomic E-state index is 12.6. The van der Waals surface area contributed by atoms with E-state index in [1.54, 1.807) is 0 Å². The van der Waals surface area contributed by atoms with Gasteiger partial charge in [-0.15, -0.1) is 0 Å². The number of hydrogen-bond donors (Lipinski definition) is 2. The number of carbonyl (C=O) groups is 1. The number of hydrogen-bond acceptors (Lipinski definition) is 4. The third kappa shape index (κ3) is 3.77. The molecule has 1 atom stereocenters. The number of fused-ring (bicyclic) bond motifs is 1. The minimum absolute atomic E-state index is 0.0243. The topological polar surface area (TPSA) is 63.2 Å². The lowest BCUT2D eigenvalue weighted by Crippen LogP contribution is -2.45. The number of pyridine rings is 1. The van der Waals surface area contributed by atoms with Gasteiger partial charge in [-0.3, -0.25) is 9.78 Å². The van der Waals surface area contributed by atoms with Gasteiger partial charge in [-0.1, -0.05) is 24.3 Å². The van der Waals surface area contributed by atoms with Crippen LogP contribution in [0.15, 0.2) is 48.7 Å². The van der Waals surface area contributed by atoms with Crippen LogP contribution < -0.4 is 10.6 Å². The van der Waals surface area contributed by atoms with Gasteiger partial charge in [0.15, 0.2) is 0 Å². The van der Waals surface area contributed by atoms with Crippen molar-refractivity contribution in [3.8, 4) is 11.1 Å². The number of aryl methyl sites for hydroxylation is 2. The molecule has 144 valence electrons. The van der Waals surface area contributed by atoms with Gasteiger partial charge >= 0.3 is 0 Å². The third-order valence-corrected chi connectivity index (χ3v) is 5.37. The van der Waals surface area contributed by atoms with Crippen molar-refractivity contribution in [2.24, 2.45) is 0 Å².